The average Bonchev–Trinajstić information content (AvgIpc) is 3.24. The van der Waals surface area contributed by atoms with E-state index in [-0.39, 0.29) is 42.6 Å². The number of ether oxygens (including phenoxy) is 5. The smallest absolute Gasteiger partial charge is 0.305 e. The van der Waals surface area contributed by atoms with Gasteiger partial charge < -0.3 is 28.8 Å². The molecule has 0 spiro atoms. The predicted molar refractivity (Wildman–Crippen MR) is 154 cm³/mol. The highest BCUT2D eigenvalue weighted by Gasteiger charge is 2.43. The number of carbonyl (C=O) groups excluding carboxylic acids is 1. The van der Waals surface area contributed by atoms with Crippen LogP contribution in [-0.2, 0) is 28.5 Å². The molecule has 7 heteroatoms. The van der Waals surface area contributed by atoms with Crippen LogP contribution in [0.1, 0.15) is 103 Å². The molecule has 0 amide bonds. The molecule has 1 N–H and O–H groups in total. The maximum atomic E-state index is 11.4. The van der Waals surface area contributed by atoms with Gasteiger partial charge in [-0.15, -0.1) is 0 Å². The monoisotopic (exact) mass is 562 g/mol. The molecule has 228 valence electrons. The van der Waals surface area contributed by atoms with Crippen LogP contribution in [0.15, 0.2) is 24.3 Å². The Kier molecular flexibility index (Phi) is 13.5. The number of hydrogen-bond acceptors (Lipinski definition) is 7. The highest BCUT2D eigenvalue weighted by atomic mass is 16.7. The van der Waals surface area contributed by atoms with E-state index in [0.29, 0.717) is 18.8 Å². The number of unbranched alkanes of at least 4 members (excludes halogenated alkanes) is 1. The molecule has 2 heterocycles. The van der Waals surface area contributed by atoms with E-state index in [9.17, 15) is 9.90 Å². The van der Waals surface area contributed by atoms with Crippen LogP contribution in [-0.4, -0.2) is 62.3 Å². The zero-order valence-electron chi connectivity index (χ0n) is 24.9. The van der Waals surface area contributed by atoms with E-state index in [4.69, 9.17) is 23.7 Å². The first-order chi connectivity index (χ1) is 19.6. The fourth-order valence-corrected chi connectivity index (χ4v) is 6.92. The molecule has 2 saturated heterocycles. The molecule has 0 radical (unpaired) electrons. The number of esters is 1. The van der Waals surface area contributed by atoms with Crippen molar-refractivity contribution in [2.75, 3.05) is 20.3 Å². The highest BCUT2D eigenvalue weighted by Crippen LogP contribution is 2.43. The number of aliphatic hydroxyl groups excluding tert-OH is 1. The third kappa shape index (κ3) is 9.65. The molecule has 2 aliphatic heterocycles. The fourth-order valence-electron chi connectivity index (χ4n) is 6.92. The lowest BCUT2D eigenvalue weighted by Crippen LogP contribution is -2.38. The summed E-state index contributed by atoms with van der Waals surface area (Å²) >= 11 is 0. The van der Waals surface area contributed by atoms with Gasteiger partial charge in [0.25, 0.3) is 0 Å². The summed E-state index contributed by atoms with van der Waals surface area (Å²) in [7, 11) is 1.43. The van der Waals surface area contributed by atoms with Crippen molar-refractivity contribution in [2.24, 2.45) is 23.7 Å². The van der Waals surface area contributed by atoms with Crippen molar-refractivity contribution in [3.63, 3.8) is 0 Å². The maximum absolute atomic E-state index is 11.4. The Morgan fingerprint density at radius 1 is 1.02 bits per heavy atom. The third-order valence-electron chi connectivity index (χ3n) is 9.31. The first-order valence-electron chi connectivity index (χ1n) is 16.2. The second-order valence-electron chi connectivity index (χ2n) is 12.4. The van der Waals surface area contributed by atoms with Gasteiger partial charge in [0.15, 0.2) is 12.6 Å². The van der Waals surface area contributed by atoms with Crippen molar-refractivity contribution in [3.05, 3.63) is 24.3 Å². The van der Waals surface area contributed by atoms with Gasteiger partial charge in [0, 0.05) is 32.0 Å². The van der Waals surface area contributed by atoms with Gasteiger partial charge in [0.05, 0.1) is 25.4 Å². The molecule has 2 saturated carbocycles. The van der Waals surface area contributed by atoms with E-state index in [2.05, 4.69) is 31.2 Å². The topological polar surface area (TPSA) is 83.5 Å². The summed E-state index contributed by atoms with van der Waals surface area (Å²) in [4.78, 5) is 11.4. The zero-order valence-corrected chi connectivity index (χ0v) is 24.9. The van der Waals surface area contributed by atoms with E-state index in [1.807, 2.05) is 0 Å². The van der Waals surface area contributed by atoms with Gasteiger partial charge in [-0.3, -0.25) is 4.79 Å². The summed E-state index contributed by atoms with van der Waals surface area (Å²) in [5.41, 5.74) is 0. The Balaban J connectivity index is 1.42. The summed E-state index contributed by atoms with van der Waals surface area (Å²) in [5.74, 6) is 1.33. The number of rotatable bonds is 15. The average molecular weight is 563 g/mol. The zero-order chi connectivity index (χ0) is 28.2. The van der Waals surface area contributed by atoms with Crippen molar-refractivity contribution in [1.29, 1.82) is 0 Å². The van der Waals surface area contributed by atoms with Crippen molar-refractivity contribution >= 4 is 5.97 Å². The minimum atomic E-state index is -0.429. The Hall–Kier alpha value is -1.25. The lowest BCUT2D eigenvalue weighted by atomic mass is 9.70. The molecular formula is C33H54O7. The van der Waals surface area contributed by atoms with Crippen LogP contribution in [0.4, 0.5) is 0 Å². The number of allylic oxidation sites excluding steroid dienone is 2. The van der Waals surface area contributed by atoms with Crippen molar-refractivity contribution in [2.45, 2.75) is 134 Å². The van der Waals surface area contributed by atoms with Crippen molar-refractivity contribution < 1.29 is 33.6 Å². The van der Waals surface area contributed by atoms with Gasteiger partial charge in [0.1, 0.15) is 0 Å². The third-order valence-corrected chi connectivity index (χ3v) is 9.31. The molecule has 0 aromatic carbocycles. The maximum Gasteiger partial charge on any atom is 0.305 e. The quantitative estimate of drug-likeness (QED) is 0.139. The SMILES string of the molecule is CCCC1CC([C@@H](/C=C/[C@@H]2[C@@H](C/C=C\CCCC(=O)OC)[C@@H](O)C[C@H]2OC2CCCCO2)OC2CCCCO2)C1. The summed E-state index contributed by atoms with van der Waals surface area (Å²) in [6, 6.07) is 0. The number of methoxy groups -OCH3 is 1. The van der Waals surface area contributed by atoms with Crippen molar-refractivity contribution in [3.8, 4) is 0 Å². The molecule has 4 fully saturated rings. The van der Waals surface area contributed by atoms with E-state index in [1.54, 1.807) is 0 Å². The standard InChI is InChI=1S/C33H54O7/c1-3-12-24-21-25(22-24)29(39-32-15-8-10-19-37-32)18-17-27-26(13-6-4-5-7-14-31(35)36-2)28(34)23-30(27)40-33-16-9-11-20-38-33/h4,6,17-18,24-30,32-34H,3,5,7-16,19-23H2,1-2H3/b6-4-,18-17+/t24?,25?,26-,27-,28+,29-,30-,32?,33?/m1/s1. The Morgan fingerprint density at radius 2 is 1.77 bits per heavy atom. The van der Waals surface area contributed by atoms with E-state index in [0.717, 1.165) is 76.9 Å². The normalized spacial score (nSPS) is 35.7. The lowest BCUT2D eigenvalue weighted by Gasteiger charge is -2.41. The Labute approximate surface area is 242 Å². The van der Waals surface area contributed by atoms with E-state index in [1.165, 1.54) is 32.8 Å². The van der Waals surface area contributed by atoms with Crippen LogP contribution in [0.3, 0.4) is 0 Å². The number of hydrogen-bond donors (Lipinski definition) is 1. The molecule has 0 bridgehead atoms. The van der Waals surface area contributed by atoms with Gasteiger partial charge in [-0.05, 0) is 88.4 Å². The fraction of sp³-hybridized carbons (Fsp3) is 0.848. The Morgan fingerprint density at radius 3 is 2.45 bits per heavy atom. The molecule has 0 aromatic heterocycles. The highest BCUT2D eigenvalue weighted by molar-refractivity contribution is 5.69. The molecule has 7 nitrogen and oxygen atoms in total. The second-order valence-corrected chi connectivity index (χ2v) is 12.4. The van der Waals surface area contributed by atoms with Gasteiger partial charge in [0.2, 0.25) is 0 Å². The van der Waals surface area contributed by atoms with Crippen molar-refractivity contribution in [1.82, 2.24) is 0 Å². The molecule has 7 atom stereocenters. The van der Waals surface area contributed by atoms with E-state index < -0.39 is 6.10 Å². The summed E-state index contributed by atoms with van der Waals surface area (Å²) in [5, 5.41) is 11.2. The van der Waals surface area contributed by atoms with Gasteiger partial charge in [-0.1, -0.05) is 44.1 Å². The molecule has 0 aromatic rings. The minimum Gasteiger partial charge on any atom is -0.469 e. The number of aliphatic hydroxyl groups is 1. The molecule has 2 aliphatic carbocycles. The van der Waals surface area contributed by atoms with Gasteiger partial charge >= 0.3 is 5.97 Å². The van der Waals surface area contributed by atoms with Crippen LogP contribution in [0.5, 0.6) is 0 Å². The number of carbonyl (C=O) groups is 1. The summed E-state index contributed by atoms with van der Waals surface area (Å²) in [6.45, 7) is 3.80. The van der Waals surface area contributed by atoms with Crippen LogP contribution in [0, 0.1) is 23.7 Å². The second kappa shape index (κ2) is 17.0. The minimum absolute atomic E-state index is 0.0371. The van der Waals surface area contributed by atoms with Gasteiger partial charge in [-0.2, -0.15) is 0 Å². The molecular weight excluding hydrogens is 508 g/mol. The predicted octanol–water partition coefficient (Wildman–Crippen LogP) is 6.48. The van der Waals surface area contributed by atoms with Gasteiger partial charge in [-0.25, -0.2) is 0 Å². The first-order valence-corrected chi connectivity index (χ1v) is 16.2. The van der Waals surface area contributed by atoms with Crippen LogP contribution in [0.25, 0.3) is 0 Å². The molecule has 40 heavy (non-hydrogen) atoms. The summed E-state index contributed by atoms with van der Waals surface area (Å²) < 4.78 is 29.7. The van der Waals surface area contributed by atoms with Crippen LogP contribution >= 0.6 is 0 Å². The van der Waals surface area contributed by atoms with Crippen LogP contribution < -0.4 is 0 Å². The van der Waals surface area contributed by atoms with Crippen LogP contribution in [0.2, 0.25) is 0 Å². The largest absolute Gasteiger partial charge is 0.469 e. The molecule has 4 aliphatic rings. The lowest BCUT2D eigenvalue weighted by molar-refractivity contribution is -0.196. The Bertz CT molecular complexity index is 780. The molecule has 2 unspecified atom stereocenters. The molecule has 4 rings (SSSR count). The first kappa shape index (κ1) is 31.7. The summed E-state index contributed by atoms with van der Waals surface area (Å²) in [6.07, 6.45) is 22.9. The van der Waals surface area contributed by atoms with E-state index >= 15 is 0 Å².